The molecule has 0 heterocycles. The van der Waals surface area contributed by atoms with E-state index in [0.29, 0.717) is 17.9 Å². The Balaban J connectivity index is 2.78. The van der Waals surface area contributed by atoms with Gasteiger partial charge in [-0.3, -0.25) is 4.79 Å². The van der Waals surface area contributed by atoms with Crippen molar-refractivity contribution in [2.75, 3.05) is 6.61 Å². The molecule has 0 N–H and O–H groups in total. The highest BCUT2D eigenvalue weighted by molar-refractivity contribution is 5.79. The zero-order chi connectivity index (χ0) is 12.7. The maximum absolute atomic E-state index is 10.9. The van der Waals surface area contributed by atoms with Crippen LogP contribution in [0.25, 0.3) is 0 Å². The Hall–Kier alpha value is -1.83. The first-order valence-corrected chi connectivity index (χ1v) is 5.67. The van der Waals surface area contributed by atoms with Gasteiger partial charge in [0, 0.05) is 0 Å². The molecule has 0 saturated carbocycles. The molecule has 0 bridgehead atoms. The third kappa shape index (κ3) is 3.91. The quantitative estimate of drug-likeness (QED) is 0.569. The highest BCUT2D eigenvalue weighted by atomic mass is 16.5. The van der Waals surface area contributed by atoms with Gasteiger partial charge in [0.2, 0.25) is 0 Å². The Morgan fingerprint density at radius 3 is 2.71 bits per heavy atom. The molecule has 0 fully saturated rings. The van der Waals surface area contributed by atoms with Gasteiger partial charge in [-0.15, -0.1) is 0 Å². The summed E-state index contributed by atoms with van der Waals surface area (Å²) in [7, 11) is 0. The molecular formula is C15H18O2. The smallest absolute Gasteiger partial charge is 0.153 e. The van der Waals surface area contributed by atoms with E-state index in [1.807, 2.05) is 57.2 Å². The number of aryl methyl sites for hydroxylation is 1. The van der Waals surface area contributed by atoms with E-state index in [1.165, 1.54) is 0 Å². The molecule has 1 rings (SSSR count). The fraction of sp³-hybridized carbons (Fsp3) is 0.267. The lowest BCUT2D eigenvalue weighted by Crippen LogP contribution is -2.02. The number of ether oxygens (including phenoxy) is 1. The third-order valence-electron chi connectivity index (χ3n) is 2.44. The molecule has 1 aromatic carbocycles. The predicted molar refractivity (Wildman–Crippen MR) is 70.6 cm³/mol. The van der Waals surface area contributed by atoms with Gasteiger partial charge in [0.15, 0.2) is 6.29 Å². The molecule has 0 aromatic heterocycles. The zero-order valence-electron chi connectivity index (χ0n) is 10.6. The maximum Gasteiger partial charge on any atom is 0.153 e. The SMILES string of the molecule is C/C=C\C(=C/C)COc1ccc(C)cc1C=O. The van der Waals surface area contributed by atoms with Crippen LogP contribution in [0.1, 0.15) is 29.8 Å². The lowest BCUT2D eigenvalue weighted by atomic mass is 10.1. The van der Waals surface area contributed by atoms with E-state index >= 15 is 0 Å². The minimum atomic E-state index is 0.477. The standard InChI is InChI=1S/C15H18O2/c1-4-6-13(5-2)11-17-15-8-7-12(3)9-14(15)10-16/h4-10H,11H2,1-3H3/b6-4-,13-5+. The molecule has 2 nitrogen and oxygen atoms in total. The van der Waals surface area contributed by atoms with Crippen molar-refractivity contribution in [2.24, 2.45) is 0 Å². The molecule has 0 aliphatic carbocycles. The average Bonchev–Trinajstić information content (AvgIpc) is 2.35. The van der Waals surface area contributed by atoms with Crippen LogP contribution in [0.3, 0.4) is 0 Å². The molecule has 0 amide bonds. The van der Waals surface area contributed by atoms with Gasteiger partial charge in [-0.2, -0.15) is 0 Å². The van der Waals surface area contributed by atoms with Crippen molar-refractivity contribution < 1.29 is 9.53 Å². The van der Waals surface area contributed by atoms with E-state index in [1.54, 1.807) is 0 Å². The summed E-state index contributed by atoms with van der Waals surface area (Å²) < 4.78 is 5.64. The van der Waals surface area contributed by atoms with Gasteiger partial charge in [-0.25, -0.2) is 0 Å². The minimum Gasteiger partial charge on any atom is -0.488 e. The third-order valence-corrected chi connectivity index (χ3v) is 2.44. The Morgan fingerprint density at radius 1 is 1.35 bits per heavy atom. The summed E-state index contributed by atoms with van der Waals surface area (Å²) in [6, 6.07) is 5.60. The van der Waals surface area contributed by atoms with E-state index in [0.717, 1.165) is 17.4 Å². The number of carbonyl (C=O) groups excluding carboxylic acids is 1. The van der Waals surface area contributed by atoms with E-state index in [-0.39, 0.29) is 0 Å². The molecule has 0 saturated heterocycles. The minimum absolute atomic E-state index is 0.477. The monoisotopic (exact) mass is 230 g/mol. The van der Waals surface area contributed by atoms with Gasteiger partial charge in [0.25, 0.3) is 0 Å². The van der Waals surface area contributed by atoms with E-state index < -0.39 is 0 Å². The number of carbonyl (C=O) groups is 1. The Kier molecular flexibility index (Phi) is 5.21. The van der Waals surface area contributed by atoms with Crippen LogP contribution in [0.2, 0.25) is 0 Å². The molecule has 0 unspecified atom stereocenters. The lowest BCUT2D eigenvalue weighted by molar-refractivity contribution is 0.112. The van der Waals surface area contributed by atoms with E-state index in [9.17, 15) is 4.79 Å². The Morgan fingerprint density at radius 2 is 2.12 bits per heavy atom. The predicted octanol–water partition coefficient (Wildman–Crippen LogP) is 3.71. The summed E-state index contributed by atoms with van der Waals surface area (Å²) in [5.74, 6) is 0.634. The zero-order valence-corrected chi connectivity index (χ0v) is 10.6. The molecule has 0 radical (unpaired) electrons. The summed E-state index contributed by atoms with van der Waals surface area (Å²) in [4.78, 5) is 10.9. The second-order valence-corrected chi connectivity index (χ2v) is 3.81. The number of hydrogen-bond donors (Lipinski definition) is 0. The Labute approximate surface area is 103 Å². The van der Waals surface area contributed by atoms with Gasteiger partial charge in [0.05, 0.1) is 5.56 Å². The first-order chi connectivity index (χ1) is 8.21. The molecular weight excluding hydrogens is 212 g/mol. The van der Waals surface area contributed by atoms with Gasteiger partial charge in [-0.1, -0.05) is 29.9 Å². The van der Waals surface area contributed by atoms with Crippen LogP contribution in [-0.2, 0) is 0 Å². The first-order valence-electron chi connectivity index (χ1n) is 5.67. The van der Waals surface area contributed by atoms with Crippen LogP contribution in [-0.4, -0.2) is 12.9 Å². The molecule has 0 aliphatic heterocycles. The van der Waals surface area contributed by atoms with Crippen LogP contribution in [0, 0.1) is 6.92 Å². The van der Waals surface area contributed by atoms with Crippen molar-refractivity contribution >= 4 is 6.29 Å². The number of hydrogen-bond acceptors (Lipinski definition) is 2. The second kappa shape index (κ2) is 6.69. The fourth-order valence-corrected chi connectivity index (χ4v) is 1.49. The van der Waals surface area contributed by atoms with Crippen LogP contribution >= 0.6 is 0 Å². The number of aldehydes is 1. The van der Waals surface area contributed by atoms with Crippen molar-refractivity contribution in [3.63, 3.8) is 0 Å². The van der Waals surface area contributed by atoms with E-state index in [4.69, 9.17) is 4.74 Å². The molecule has 0 spiro atoms. The highest BCUT2D eigenvalue weighted by Gasteiger charge is 2.03. The highest BCUT2D eigenvalue weighted by Crippen LogP contribution is 2.18. The topological polar surface area (TPSA) is 26.3 Å². The molecule has 1 aromatic rings. The van der Waals surface area contributed by atoms with Crippen LogP contribution in [0.15, 0.2) is 42.0 Å². The summed E-state index contributed by atoms with van der Waals surface area (Å²) in [5.41, 5.74) is 2.74. The van der Waals surface area contributed by atoms with Crippen molar-refractivity contribution in [2.45, 2.75) is 20.8 Å². The lowest BCUT2D eigenvalue weighted by Gasteiger charge is -2.09. The summed E-state index contributed by atoms with van der Waals surface area (Å²) in [5, 5.41) is 0. The number of benzene rings is 1. The average molecular weight is 230 g/mol. The summed E-state index contributed by atoms with van der Waals surface area (Å²) >= 11 is 0. The number of allylic oxidation sites excluding steroid dienone is 2. The normalized spacial score (nSPS) is 11.8. The van der Waals surface area contributed by atoms with Gasteiger partial charge in [-0.05, 0) is 38.5 Å². The molecule has 0 aliphatic rings. The largest absolute Gasteiger partial charge is 0.488 e. The van der Waals surface area contributed by atoms with Crippen molar-refractivity contribution in [1.29, 1.82) is 0 Å². The van der Waals surface area contributed by atoms with Crippen molar-refractivity contribution in [3.05, 3.63) is 53.1 Å². The van der Waals surface area contributed by atoms with Crippen molar-refractivity contribution in [1.82, 2.24) is 0 Å². The first kappa shape index (κ1) is 13.2. The van der Waals surface area contributed by atoms with Crippen molar-refractivity contribution in [3.8, 4) is 5.75 Å². The molecule has 17 heavy (non-hydrogen) atoms. The second-order valence-electron chi connectivity index (χ2n) is 3.81. The van der Waals surface area contributed by atoms with E-state index in [2.05, 4.69) is 0 Å². The Bertz CT molecular complexity index is 442. The molecule has 0 atom stereocenters. The molecule has 2 heteroatoms. The molecule has 90 valence electrons. The fourth-order valence-electron chi connectivity index (χ4n) is 1.49. The van der Waals surface area contributed by atoms with Crippen LogP contribution < -0.4 is 4.74 Å². The maximum atomic E-state index is 10.9. The van der Waals surface area contributed by atoms with Gasteiger partial charge >= 0.3 is 0 Å². The van der Waals surface area contributed by atoms with Gasteiger partial charge in [0.1, 0.15) is 12.4 Å². The van der Waals surface area contributed by atoms with Crippen LogP contribution in [0.5, 0.6) is 5.75 Å². The van der Waals surface area contributed by atoms with Crippen LogP contribution in [0.4, 0.5) is 0 Å². The summed E-state index contributed by atoms with van der Waals surface area (Å²) in [6.45, 7) is 6.36. The van der Waals surface area contributed by atoms with Gasteiger partial charge < -0.3 is 4.74 Å². The summed E-state index contributed by atoms with van der Waals surface area (Å²) in [6.07, 6.45) is 6.78. The number of rotatable bonds is 5.